The number of aromatic nitrogens is 3. The molecular weight excluding hydrogens is 286 g/mol. The van der Waals surface area contributed by atoms with E-state index in [-0.39, 0.29) is 29.7 Å². The number of esters is 2. The monoisotopic (exact) mass is 307 g/mol. The van der Waals surface area contributed by atoms with Gasteiger partial charge in [0, 0.05) is 0 Å². The quantitative estimate of drug-likeness (QED) is 0.788. The molecule has 2 aliphatic rings. The van der Waals surface area contributed by atoms with Crippen LogP contribution in [-0.4, -0.2) is 40.1 Å². The first-order valence-corrected chi connectivity index (χ1v) is 7.80. The smallest absolute Gasteiger partial charge is 0.360 e. The molecule has 2 fully saturated rings. The Hall–Kier alpha value is -1.92. The Morgan fingerprint density at radius 1 is 1.32 bits per heavy atom. The zero-order valence-corrected chi connectivity index (χ0v) is 12.9. The minimum absolute atomic E-state index is 0.0577. The highest BCUT2D eigenvalue weighted by Gasteiger charge is 2.42. The van der Waals surface area contributed by atoms with Gasteiger partial charge in [0.25, 0.3) is 0 Å². The molecule has 2 aliphatic carbocycles. The van der Waals surface area contributed by atoms with E-state index in [0.29, 0.717) is 5.92 Å². The molecule has 0 aromatic carbocycles. The Labute approximate surface area is 129 Å². The molecule has 0 saturated heterocycles. The van der Waals surface area contributed by atoms with E-state index < -0.39 is 5.97 Å². The summed E-state index contributed by atoms with van der Waals surface area (Å²) in [6, 6.07) is -0.0577. The lowest BCUT2D eigenvalue weighted by atomic mass is 9.92. The highest BCUT2D eigenvalue weighted by molar-refractivity contribution is 5.86. The summed E-state index contributed by atoms with van der Waals surface area (Å²) in [5.74, 6) is -0.115. The molecule has 0 aliphatic heterocycles. The Kier molecular flexibility index (Phi) is 4.13. The molecule has 0 radical (unpaired) electrons. The molecule has 4 atom stereocenters. The van der Waals surface area contributed by atoms with Crippen LogP contribution in [-0.2, 0) is 14.3 Å². The van der Waals surface area contributed by atoms with Crippen molar-refractivity contribution in [1.82, 2.24) is 15.0 Å². The molecule has 0 spiro atoms. The molecule has 1 aromatic rings. The normalized spacial score (nSPS) is 30.6. The number of carbonyl (C=O) groups is 2. The lowest BCUT2D eigenvalue weighted by molar-refractivity contribution is -0.155. The van der Waals surface area contributed by atoms with Crippen molar-refractivity contribution in [3.05, 3.63) is 11.9 Å². The van der Waals surface area contributed by atoms with E-state index in [1.807, 2.05) is 0 Å². The number of rotatable bonds is 4. The van der Waals surface area contributed by atoms with Gasteiger partial charge >= 0.3 is 11.9 Å². The van der Waals surface area contributed by atoms with Crippen molar-refractivity contribution in [3.63, 3.8) is 0 Å². The van der Waals surface area contributed by atoms with Gasteiger partial charge in [0.1, 0.15) is 6.10 Å². The van der Waals surface area contributed by atoms with Gasteiger partial charge in [-0.15, -0.1) is 5.10 Å². The minimum atomic E-state index is -0.512. The van der Waals surface area contributed by atoms with Crippen molar-refractivity contribution >= 4 is 11.9 Å². The summed E-state index contributed by atoms with van der Waals surface area (Å²) in [6.07, 6.45) is 6.07. The number of methoxy groups -OCH3 is 1. The molecule has 120 valence electrons. The molecule has 0 unspecified atom stereocenters. The third-order valence-corrected chi connectivity index (χ3v) is 4.59. The van der Waals surface area contributed by atoms with E-state index in [9.17, 15) is 9.59 Å². The molecule has 0 amide bonds. The molecule has 2 saturated carbocycles. The Bertz CT molecular complexity index is 571. The maximum Gasteiger partial charge on any atom is 0.360 e. The molecule has 0 bridgehead atoms. The first-order chi connectivity index (χ1) is 10.6. The van der Waals surface area contributed by atoms with Crippen molar-refractivity contribution < 1.29 is 19.1 Å². The minimum Gasteiger partial charge on any atom is -0.464 e. The van der Waals surface area contributed by atoms with Crippen LogP contribution in [0, 0.1) is 11.8 Å². The number of ether oxygens (including phenoxy) is 2. The summed E-state index contributed by atoms with van der Waals surface area (Å²) in [5.41, 5.74) is 0.175. The van der Waals surface area contributed by atoms with Crippen LogP contribution in [0.4, 0.5) is 0 Å². The number of hydrogen-bond acceptors (Lipinski definition) is 6. The summed E-state index contributed by atoms with van der Waals surface area (Å²) in [5, 5.41) is 7.85. The summed E-state index contributed by atoms with van der Waals surface area (Å²) >= 11 is 0. The fraction of sp³-hybridized carbons (Fsp3) is 0.733. The SMILES string of the molecule is COC(=O)c1cn([C@@H]2CCCC[C@@H]2OC(=O)[C@@H]2C[C@H]2C)nn1. The predicted octanol–water partition coefficient (Wildman–Crippen LogP) is 1.75. The average molecular weight is 307 g/mol. The predicted molar refractivity (Wildman–Crippen MR) is 76.0 cm³/mol. The molecule has 1 aromatic heterocycles. The van der Waals surface area contributed by atoms with Gasteiger partial charge in [-0.1, -0.05) is 18.6 Å². The Morgan fingerprint density at radius 2 is 2.05 bits per heavy atom. The van der Waals surface area contributed by atoms with Gasteiger partial charge in [-0.3, -0.25) is 4.79 Å². The van der Waals surface area contributed by atoms with Gasteiger partial charge in [-0.25, -0.2) is 9.48 Å². The molecule has 22 heavy (non-hydrogen) atoms. The van der Waals surface area contributed by atoms with E-state index in [1.54, 1.807) is 10.9 Å². The number of carbonyl (C=O) groups excluding carboxylic acids is 2. The van der Waals surface area contributed by atoms with Crippen LogP contribution in [0.25, 0.3) is 0 Å². The summed E-state index contributed by atoms with van der Waals surface area (Å²) in [4.78, 5) is 23.6. The summed E-state index contributed by atoms with van der Waals surface area (Å²) < 4.78 is 12.0. The fourth-order valence-corrected chi connectivity index (χ4v) is 3.04. The molecule has 1 heterocycles. The summed E-state index contributed by atoms with van der Waals surface area (Å²) in [6.45, 7) is 2.06. The van der Waals surface area contributed by atoms with Gasteiger partial charge in [0.05, 0.1) is 25.3 Å². The number of nitrogens with zero attached hydrogens (tertiary/aromatic N) is 3. The summed E-state index contributed by atoms with van der Waals surface area (Å²) in [7, 11) is 1.31. The third-order valence-electron chi connectivity index (χ3n) is 4.59. The number of hydrogen-bond donors (Lipinski definition) is 0. The lowest BCUT2D eigenvalue weighted by Crippen LogP contribution is -2.33. The first-order valence-electron chi connectivity index (χ1n) is 7.80. The van der Waals surface area contributed by atoms with Crippen LogP contribution in [0.1, 0.15) is 55.6 Å². The van der Waals surface area contributed by atoms with E-state index in [4.69, 9.17) is 4.74 Å². The molecule has 7 heteroatoms. The fourth-order valence-electron chi connectivity index (χ4n) is 3.04. The van der Waals surface area contributed by atoms with Gasteiger partial charge in [0.15, 0.2) is 5.69 Å². The van der Waals surface area contributed by atoms with Crippen molar-refractivity contribution in [2.45, 2.75) is 51.2 Å². The van der Waals surface area contributed by atoms with Crippen LogP contribution in [0.2, 0.25) is 0 Å². The standard InChI is InChI=1S/C15H21N3O4/c1-9-7-10(9)14(19)22-13-6-4-3-5-12(13)18-8-11(16-17-18)15(20)21-2/h8-10,12-13H,3-7H2,1-2H3/t9-,10-,12-,13+/m1/s1. The average Bonchev–Trinajstić information content (AvgIpc) is 3.07. The third kappa shape index (κ3) is 2.98. The zero-order chi connectivity index (χ0) is 15.7. The van der Waals surface area contributed by atoms with E-state index in [1.165, 1.54) is 7.11 Å². The molecule has 0 N–H and O–H groups in total. The van der Waals surface area contributed by atoms with Gasteiger partial charge in [0.2, 0.25) is 0 Å². The Morgan fingerprint density at radius 3 is 2.73 bits per heavy atom. The highest BCUT2D eigenvalue weighted by atomic mass is 16.5. The van der Waals surface area contributed by atoms with E-state index >= 15 is 0 Å². The van der Waals surface area contributed by atoms with E-state index in [2.05, 4.69) is 22.0 Å². The Balaban J connectivity index is 1.70. The maximum absolute atomic E-state index is 12.1. The zero-order valence-electron chi connectivity index (χ0n) is 12.9. The van der Waals surface area contributed by atoms with Gasteiger partial charge in [-0.05, 0) is 31.6 Å². The van der Waals surface area contributed by atoms with Crippen LogP contribution >= 0.6 is 0 Å². The van der Waals surface area contributed by atoms with Crippen LogP contribution in [0.5, 0.6) is 0 Å². The van der Waals surface area contributed by atoms with Crippen LogP contribution < -0.4 is 0 Å². The van der Waals surface area contributed by atoms with Crippen LogP contribution in [0.15, 0.2) is 6.20 Å². The molecule has 7 nitrogen and oxygen atoms in total. The van der Waals surface area contributed by atoms with Crippen molar-refractivity contribution in [1.29, 1.82) is 0 Å². The van der Waals surface area contributed by atoms with E-state index in [0.717, 1.165) is 32.1 Å². The second-order valence-corrected chi connectivity index (χ2v) is 6.22. The van der Waals surface area contributed by atoms with Gasteiger partial charge in [-0.2, -0.15) is 0 Å². The second kappa shape index (κ2) is 6.06. The largest absolute Gasteiger partial charge is 0.464 e. The lowest BCUT2D eigenvalue weighted by Gasteiger charge is -2.30. The second-order valence-electron chi connectivity index (χ2n) is 6.22. The van der Waals surface area contributed by atoms with Crippen LogP contribution in [0.3, 0.4) is 0 Å². The molecule has 3 rings (SSSR count). The topological polar surface area (TPSA) is 83.3 Å². The molecular formula is C15H21N3O4. The van der Waals surface area contributed by atoms with Crippen molar-refractivity contribution in [2.75, 3.05) is 7.11 Å². The highest BCUT2D eigenvalue weighted by Crippen LogP contribution is 2.40. The maximum atomic E-state index is 12.1. The van der Waals surface area contributed by atoms with Crippen molar-refractivity contribution in [3.8, 4) is 0 Å². The first kappa shape index (κ1) is 15.0. The van der Waals surface area contributed by atoms with Crippen molar-refractivity contribution in [2.24, 2.45) is 11.8 Å². The van der Waals surface area contributed by atoms with Gasteiger partial charge < -0.3 is 9.47 Å².